The van der Waals surface area contributed by atoms with Gasteiger partial charge in [0.05, 0.1) is 11.4 Å². The Morgan fingerprint density at radius 2 is 1.97 bits per heavy atom. The summed E-state index contributed by atoms with van der Waals surface area (Å²) in [6.07, 6.45) is -2.83. The van der Waals surface area contributed by atoms with Crippen molar-refractivity contribution >= 4 is 33.5 Å². The van der Waals surface area contributed by atoms with E-state index in [1.165, 1.54) is 5.56 Å². The number of halogens is 4. The summed E-state index contributed by atoms with van der Waals surface area (Å²) in [5.41, 5.74) is 3.26. The van der Waals surface area contributed by atoms with Crippen LogP contribution in [0.25, 0.3) is 5.32 Å². The molecule has 2 aromatic rings. The van der Waals surface area contributed by atoms with Gasteiger partial charge in [-0.25, -0.2) is 9.78 Å². The molecule has 0 saturated carbocycles. The van der Waals surface area contributed by atoms with Crippen molar-refractivity contribution < 1.29 is 23.1 Å². The molecule has 1 aromatic carbocycles. The first kappa shape index (κ1) is 26.2. The van der Waals surface area contributed by atoms with Gasteiger partial charge in [-0.3, -0.25) is 0 Å². The summed E-state index contributed by atoms with van der Waals surface area (Å²) in [6.45, 7) is 8.73. The minimum atomic E-state index is -4.12. The van der Waals surface area contributed by atoms with Crippen LogP contribution in [0.5, 0.6) is 0 Å². The minimum absolute atomic E-state index is 0.305. The van der Waals surface area contributed by atoms with Gasteiger partial charge in [-0.05, 0) is 46.0 Å². The van der Waals surface area contributed by atoms with Crippen LogP contribution in [0.15, 0.2) is 22.7 Å². The summed E-state index contributed by atoms with van der Waals surface area (Å²) >= 11 is 3.65. The second-order valence-electron chi connectivity index (χ2n) is 7.76. The van der Waals surface area contributed by atoms with Gasteiger partial charge in [0.25, 0.3) is 0 Å². The SMILES string of the molecule is CCC[N-]CC(F)(F)F.CCc1nc2n(c1C(=O)O)CCN2c1ccc(C(C)C)cc1Br. The van der Waals surface area contributed by atoms with E-state index in [4.69, 9.17) is 0 Å². The molecule has 0 spiro atoms. The average molecular weight is 518 g/mol. The van der Waals surface area contributed by atoms with E-state index >= 15 is 0 Å². The number of nitrogens with zero attached hydrogens (tertiary/aromatic N) is 4. The Bertz CT molecular complexity index is 929. The summed E-state index contributed by atoms with van der Waals surface area (Å²) in [4.78, 5) is 18.2. The molecular formula is C22H29BrF3N4O2-. The molecule has 10 heteroatoms. The highest BCUT2D eigenvalue weighted by molar-refractivity contribution is 9.10. The molecule has 1 aliphatic heterocycles. The Morgan fingerprint density at radius 1 is 1.28 bits per heavy atom. The van der Waals surface area contributed by atoms with Gasteiger partial charge in [0.15, 0.2) is 5.69 Å². The summed E-state index contributed by atoms with van der Waals surface area (Å²) < 4.78 is 36.7. The number of anilines is 2. The lowest BCUT2D eigenvalue weighted by Crippen LogP contribution is -2.15. The molecule has 3 rings (SSSR count). The number of carboxylic acids is 1. The Morgan fingerprint density at radius 3 is 2.47 bits per heavy atom. The normalized spacial score (nSPS) is 13.2. The molecule has 0 unspecified atom stereocenters. The highest BCUT2D eigenvalue weighted by Gasteiger charge is 2.31. The van der Waals surface area contributed by atoms with E-state index in [2.05, 4.69) is 63.2 Å². The van der Waals surface area contributed by atoms with Crippen molar-refractivity contribution in [3.63, 3.8) is 0 Å². The third-order valence-electron chi connectivity index (χ3n) is 4.95. The van der Waals surface area contributed by atoms with Gasteiger partial charge in [0, 0.05) is 17.6 Å². The zero-order valence-electron chi connectivity index (χ0n) is 18.7. The molecule has 178 valence electrons. The van der Waals surface area contributed by atoms with Gasteiger partial charge in [-0.1, -0.05) is 46.7 Å². The zero-order chi connectivity index (χ0) is 24.1. The Balaban J connectivity index is 0.000000344. The second kappa shape index (κ2) is 11.2. The van der Waals surface area contributed by atoms with E-state index < -0.39 is 18.7 Å². The first-order valence-electron chi connectivity index (χ1n) is 10.6. The molecule has 32 heavy (non-hydrogen) atoms. The molecule has 0 aliphatic carbocycles. The van der Waals surface area contributed by atoms with E-state index in [-0.39, 0.29) is 0 Å². The van der Waals surface area contributed by atoms with Crippen LogP contribution in [0.4, 0.5) is 24.8 Å². The molecule has 1 aromatic heterocycles. The largest absolute Gasteiger partial charge is 0.655 e. The fourth-order valence-electron chi connectivity index (χ4n) is 3.39. The zero-order valence-corrected chi connectivity index (χ0v) is 20.3. The molecule has 0 fully saturated rings. The van der Waals surface area contributed by atoms with Crippen molar-refractivity contribution in [3.05, 3.63) is 44.9 Å². The lowest BCUT2D eigenvalue weighted by Gasteiger charge is -2.19. The molecule has 1 N–H and O–H groups in total. The summed E-state index contributed by atoms with van der Waals surface area (Å²) in [5, 5.41) is 12.7. The number of aryl methyl sites for hydroxylation is 1. The standard InChI is InChI=1S/C17H20BrN3O2.C5H9F3N/c1-4-13-15(16(22)23)21-8-7-20(17(21)19-13)14-6-5-11(10(2)3)9-12(14)18;1-2-3-9-4-5(6,7)8/h5-6,9-10H,4,7-8H2,1-3H3,(H,22,23);2-4H2,1H3/q;-1. The van der Waals surface area contributed by atoms with Crippen molar-refractivity contribution in [2.75, 3.05) is 24.5 Å². The van der Waals surface area contributed by atoms with Gasteiger partial charge in [0.2, 0.25) is 5.95 Å². The number of benzene rings is 1. The van der Waals surface area contributed by atoms with E-state index in [1.807, 2.05) is 11.5 Å². The molecular weight excluding hydrogens is 489 g/mol. The second-order valence-corrected chi connectivity index (χ2v) is 8.61. The quantitative estimate of drug-likeness (QED) is 0.424. The monoisotopic (exact) mass is 517 g/mol. The number of aromatic carboxylic acids is 1. The van der Waals surface area contributed by atoms with Crippen LogP contribution in [0, 0.1) is 0 Å². The van der Waals surface area contributed by atoms with E-state index in [9.17, 15) is 23.1 Å². The maximum Gasteiger partial charge on any atom is 0.371 e. The number of aromatic nitrogens is 2. The fourth-order valence-corrected chi connectivity index (χ4v) is 4.00. The number of carboxylic acid groups (broad SMARTS) is 1. The number of alkyl halides is 3. The maximum absolute atomic E-state index is 11.5. The Kier molecular flexibility index (Phi) is 9.15. The van der Waals surface area contributed by atoms with Crippen LogP contribution in [0.3, 0.4) is 0 Å². The van der Waals surface area contributed by atoms with Crippen molar-refractivity contribution in [1.29, 1.82) is 0 Å². The van der Waals surface area contributed by atoms with Crippen molar-refractivity contribution in [2.24, 2.45) is 0 Å². The molecule has 2 heterocycles. The predicted molar refractivity (Wildman–Crippen MR) is 123 cm³/mol. The van der Waals surface area contributed by atoms with Gasteiger partial charge in [-0.15, -0.1) is 6.54 Å². The molecule has 0 atom stereocenters. The molecule has 1 aliphatic rings. The smallest absolute Gasteiger partial charge is 0.371 e. The van der Waals surface area contributed by atoms with E-state index in [0.717, 1.165) is 22.7 Å². The topological polar surface area (TPSA) is 72.5 Å². The van der Waals surface area contributed by atoms with Gasteiger partial charge < -0.3 is 19.9 Å². The lowest BCUT2D eigenvalue weighted by atomic mass is 10.0. The first-order chi connectivity index (χ1) is 15.0. The fraction of sp³-hybridized carbons (Fsp3) is 0.545. The van der Waals surface area contributed by atoms with E-state index in [1.54, 1.807) is 6.92 Å². The number of carbonyl (C=O) groups is 1. The van der Waals surface area contributed by atoms with Crippen molar-refractivity contribution in [1.82, 2.24) is 9.55 Å². The molecule has 0 saturated heterocycles. The molecule has 0 radical (unpaired) electrons. The first-order valence-corrected chi connectivity index (χ1v) is 11.4. The highest BCUT2D eigenvalue weighted by atomic mass is 79.9. The van der Waals surface area contributed by atoms with Gasteiger partial charge in [0.1, 0.15) is 0 Å². The third kappa shape index (κ3) is 6.48. The van der Waals surface area contributed by atoms with Crippen LogP contribution in [0.1, 0.15) is 61.8 Å². The van der Waals surface area contributed by atoms with Crippen LogP contribution in [-0.4, -0.2) is 46.4 Å². The number of hydrogen-bond acceptors (Lipinski definition) is 3. The third-order valence-corrected chi connectivity index (χ3v) is 5.58. The van der Waals surface area contributed by atoms with Crippen molar-refractivity contribution in [3.8, 4) is 0 Å². The van der Waals surface area contributed by atoms with Crippen molar-refractivity contribution in [2.45, 2.75) is 59.2 Å². The summed E-state index contributed by atoms with van der Waals surface area (Å²) in [7, 11) is 0. The Hall–Kier alpha value is -2.07. The van der Waals surface area contributed by atoms with Crippen LogP contribution < -0.4 is 4.90 Å². The van der Waals surface area contributed by atoms with Crippen LogP contribution >= 0.6 is 15.9 Å². The van der Waals surface area contributed by atoms with Gasteiger partial charge in [-0.2, -0.15) is 13.2 Å². The summed E-state index contributed by atoms with van der Waals surface area (Å²) in [5.74, 6) is 0.278. The number of hydrogen-bond donors (Lipinski definition) is 1. The van der Waals surface area contributed by atoms with Crippen LogP contribution in [0.2, 0.25) is 0 Å². The van der Waals surface area contributed by atoms with E-state index in [0.29, 0.717) is 43.2 Å². The molecule has 6 nitrogen and oxygen atoms in total. The van der Waals surface area contributed by atoms with Crippen LogP contribution in [-0.2, 0) is 13.0 Å². The summed E-state index contributed by atoms with van der Waals surface area (Å²) in [6, 6.07) is 6.33. The Labute approximate surface area is 195 Å². The molecule has 0 amide bonds. The number of imidazole rings is 1. The number of rotatable bonds is 7. The molecule has 0 bridgehead atoms. The average Bonchev–Trinajstić information content (AvgIpc) is 3.26. The minimum Gasteiger partial charge on any atom is -0.655 e. The lowest BCUT2D eigenvalue weighted by molar-refractivity contribution is -0.113. The van der Waals surface area contributed by atoms with Gasteiger partial charge >= 0.3 is 12.1 Å². The predicted octanol–water partition coefficient (Wildman–Crippen LogP) is 6.51. The highest BCUT2D eigenvalue weighted by Crippen LogP contribution is 2.37. The number of fused-ring (bicyclic) bond motifs is 1. The maximum atomic E-state index is 11.5.